The van der Waals surface area contributed by atoms with Crippen LogP contribution in [0.5, 0.6) is 0 Å². The Kier molecular flexibility index (Phi) is 3.93. The minimum absolute atomic E-state index is 0.613. The second-order valence-corrected chi connectivity index (χ2v) is 4.61. The van der Waals surface area contributed by atoms with E-state index in [4.69, 9.17) is 11.6 Å². The van der Waals surface area contributed by atoms with E-state index in [1.54, 1.807) is 18.5 Å². The summed E-state index contributed by atoms with van der Waals surface area (Å²) in [6.45, 7) is 3.46. The molecule has 0 aromatic carbocycles. The Bertz CT molecular complexity index is 521. The van der Waals surface area contributed by atoms with Gasteiger partial charge >= 0.3 is 0 Å². The van der Waals surface area contributed by atoms with E-state index < -0.39 is 0 Å². The highest BCUT2D eigenvalue weighted by molar-refractivity contribution is 6.33. The van der Waals surface area contributed by atoms with Crippen molar-refractivity contribution in [1.82, 2.24) is 24.6 Å². The van der Waals surface area contributed by atoms with Crippen molar-refractivity contribution in [3.8, 4) is 11.5 Å². The molecule has 0 radical (unpaired) electrons. The number of hydrogen-bond acceptors (Lipinski definition) is 4. The first-order valence-corrected chi connectivity index (χ1v) is 6.18. The molecule has 0 aliphatic heterocycles. The van der Waals surface area contributed by atoms with E-state index in [9.17, 15) is 0 Å². The zero-order valence-corrected chi connectivity index (χ0v) is 11.5. The number of hydrogen-bond donors (Lipinski definition) is 0. The van der Waals surface area contributed by atoms with Crippen LogP contribution in [0.1, 0.15) is 12.6 Å². The van der Waals surface area contributed by atoms with Crippen LogP contribution in [-0.2, 0) is 13.1 Å². The summed E-state index contributed by atoms with van der Waals surface area (Å²) in [4.78, 5) is 10.5. The molecule has 5 nitrogen and oxygen atoms in total. The van der Waals surface area contributed by atoms with Crippen LogP contribution in [0.25, 0.3) is 11.5 Å². The number of aromatic nitrogens is 4. The molecule has 2 aromatic heterocycles. The van der Waals surface area contributed by atoms with Crippen molar-refractivity contribution in [3.05, 3.63) is 29.2 Å². The molecule has 0 bridgehead atoms. The molecule has 2 aromatic rings. The summed E-state index contributed by atoms with van der Waals surface area (Å²) < 4.78 is 1.84. The summed E-state index contributed by atoms with van der Waals surface area (Å²) in [6, 6.07) is 1.78. The summed E-state index contributed by atoms with van der Waals surface area (Å²) in [5.41, 5.74) is 1.64. The molecular formula is C12H16ClN5. The average Bonchev–Trinajstić information content (AvgIpc) is 2.66. The molecule has 18 heavy (non-hydrogen) atoms. The van der Waals surface area contributed by atoms with E-state index in [2.05, 4.69) is 15.1 Å². The SMILES string of the molecule is CCn1nc(CN(C)C)c(Cl)c1-c1ncccn1. The molecule has 0 N–H and O–H groups in total. The maximum Gasteiger partial charge on any atom is 0.179 e. The minimum Gasteiger partial charge on any atom is -0.303 e. The molecule has 0 aliphatic carbocycles. The molecule has 2 rings (SSSR count). The third kappa shape index (κ3) is 2.52. The van der Waals surface area contributed by atoms with Crippen LogP contribution in [0.2, 0.25) is 5.02 Å². The molecule has 0 amide bonds. The van der Waals surface area contributed by atoms with E-state index in [-0.39, 0.29) is 0 Å². The standard InChI is InChI=1S/C12H16ClN5/c1-4-18-11(12-14-6-5-7-15-12)10(13)9(16-18)8-17(2)3/h5-7H,4,8H2,1-3H3. The monoisotopic (exact) mass is 265 g/mol. The lowest BCUT2D eigenvalue weighted by atomic mass is 10.3. The topological polar surface area (TPSA) is 46.8 Å². The molecule has 0 fully saturated rings. The van der Waals surface area contributed by atoms with Gasteiger partial charge in [0.15, 0.2) is 5.82 Å². The summed E-state index contributed by atoms with van der Waals surface area (Å²) in [6.07, 6.45) is 3.41. The fourth-order valence-electron chi connectivity index (χ4n) is 1.75. The van der Waals surface area contributed by atoms with Gasteiger partial charge in [0.25, 0.3) is 0 Å². The quantitative estimate of drug-likeness (QED) is 0.849. The molecule has 0 saturated carbocycles. The number of aryl methyl sites for hydroxylation is 1. The van der Waals surface area contributed by atoms with E-state index in [1.165, 1.54) is 0 Å². The van der Waals surface area contributed by atoms with Crippen molar-refractivity contribution >= 4 is 11.6 Å². The highest BCUT2D eigenvalue weighted by Gasteiger charge is 2.19. The normalized spacial score (nSPS) is 11.2. The van der Waals surface area contributed by atoms with Crippen molar-refractivity contribution in [2.45, 2.75) is 20.0 Å². The van der Waals surface area contributed by atoms with Crippen LogP contribution in [-0.4, -0.2) is 38.7 Å². The average molecular weight is 266 g/mol. The molecule has 0 atom stereocenters. The predicted octanol–water partition coefficient (Wildman–Crippen LogP) is 2.08. The van der Waals surface area contributed by atoms with Gasteiger partial charge in [0.05, 0.1) is 10.7 Å². The Labute approximate surface area is 111 Å². The summed E-state index contributed by atoms with van der Waals surface area (Å²) in [5, 5.41) is 5.14. The highest BCUT2D eigenvalue weighted by Crippen LogP contribution is 2.28. The molecule has 6 heteroatoms. The van der Waals surface area contributed by atoms with Crippen LogP contribution in [0, 0.1) is 0 Å². The van der Waals surface area contributed by atoms with Crippen molar-refractivity contribution in [2.75, 3.05) is 14.1 Å². The number of nitrogens with zero attached hydrogens (tertiary/aromatic N) is 5. The third-order valence-electron chi connectivity index (χ3n) is 2.50. The zero-order chi connectivity index (χ0) is 13.1. The van der Waals surface area contributed by atoms with Gasteiger partial charge in [-0.1, -0.05) is 11.6 Å². The van der Waals surface area contributed by atoms with Crippen LogP contribution < -0.4 is 0 Å². The van der Waals surface area contributed by atoms with Crippen molar-refractivity contribution in [2.24, 2.45) is 0 Å². The lowest BCUT2D eigenvalue weighted by molar-refractivity contribution is 0.394. The fraction of sp³-hybridized carbons (Fsp3) is 0.417. The molecular weight excluding hydrogens is 250 g/mol. The molecule has 0 aliphatic rings. The molecule has 0 saturated heterocycles. The maximum absolute atomic E-state index is 6.40. The Morgan fingerprint density at radius 2 is 1.94 bits per heavy atom. The van der Waals surface area contributed by atoms with Gasteiger partial charge in [-0.25, -0.2) is 9.97 Å². The molecule has 96 valence electrons. The Morgan fingerprint density at radius 3 is 2.50 bits per heavy atom. The van der Waals surface area contributed by atoms with Gasteiger partial charge in [0.1, 0.15) is 5.69 Å². The van der Waals surface area contributed by atoms with Gasteiger partial charge in [-0.2, -0.15) is 5.10 Å². The first kappa shape index (κ1) is 13.0. The second-order valence-electron chi connectivity index (χ2n) is 4.24. The Hall–Kier alpha value is -1.46. The minimum atomic E-state index is 0.613. The molecule has 2 heterocycles. The molecule has 0 unspecified atom stereocenters. The van der Waals surface area contributed by atoms with Crippen LogP contribution in [0.4, 0.5) is 0 Å². The maximum atomic E-state index is 6.40. The molecule has 0 spiro atoms. The van der Waals surface area contributed by atoms with E-state index >= 15 is 0 Å². The van der Waals surface area contributed by atoms with E-state index in [1.807, 2.05) is 30.6 Å². The largest absolute Gasteiger partial charge is 0.303 e. The van der Waals surface area contributed by atoms with Gasteiger partial charge in [-0.15, -0.1) is 0 Å². The van der Waals surface area contributed by atoms with Gasteiger partial charge in [-0.05, 0) is 27.1 Å². The summed E-state index contributed by atoms with van der Waals surface area (Å²) in [7, 11) is 3.97. The van der Waals surface area contributed by atoms with Gasteiger partial charge in [0, 0.05) is 25.5 Å². The van der Waals surface area contributed by atoms with Crippen LogP contribution in [0.3, 0.4) is 0 Å². The third-order valence-corrected chi connectivity index (χ3v) is 2.90. The summed E-state index contributed by atoms with van der Waals surface area (Å²) >= 11 is 6.40. The second kappa shape index (κ2) is 5.46. The van der Waals surface area contributed by atoms with E-state index in [0.29, 0.717) is 17.4 Å². The van der Waals surface area contributed by atoms with E-state index in [0.717, 1.165) is 17.9 Å². The Morgan fingerprint density at radius 1 is 1.28 bits per heavy atom. The van der Waals surface area contributed by atoms with Crippen molar-refractivity contribution < 1.29 is 0 Å². The van der Waals surface area contributed by atoms with Crippen LogP contribution >= 0.6 is 11.6 Å². The highest BCUT2D eigenvalue weighted by atomic mass is 35.5. The van der Waals surface area contributed by atoms with Crippen molar-refractivity contribution in [3.63, 3.8) is 0 Å². The lowest BCUT2D eigenvalue weighted by Gasteiger charge is -2.06. The van der Waals surface area contributed by atoms with Gasteiger partial charge < -0.3 is 4.90 Å². The smallest absolute Gasteiger partial charge is 0.179 e. The number of halogens is 1. The Balaban J connectivity index is 2.49. The lowest BCUT2D eigenvalue weighted by Crippen LogP contribution is -2.11. The fourth-order valence-corrected chi connectivity index (χ4v) is 2.03. The van der Waals surface area contributed by atoms with Crippen molar-refractivity contribution in [1.29, 1.82) is 0 Å². The summed E-state index contributed by atoms with van der Waals surface area (Å²) in [5.74, 6) is 0.613. The van der Waals surface area contributed by atoms with Gasteiger partial charge in [0.2, 0.25) is 0 Å². The zero-order valence-electron chi connectivity index (χ0n) is 10.8. The first-order valence-electron chi connectivity index (χ1n) is 5.80. The van der Waals surface area contributed by atoms with Gasteiger partial charge in [-0.3, -0.25) is 4.68 Å². The first-order chi connectivity index (χ1) is 8.63. The number of rotatable bonds is 4. The van der Waals surface area contributed by atoms with Crippen LogP contribution in [0.15, 0.2) is 18.5 Å². The predicted molar refractivity (Wildman–Crippen MR) is 71.3 cm³/mol.